The molecule has 4 aromatic carbocycles. The molecule has 0 amide bonds. The molecule has 0 spiro atoms. The molecule has 2 unspecified atom stereocenters. The third-order valence-corrected chi connectivity index (χ3v) is 17.9. The maximum absolute atomic E-state index is 14.1. The first-order chi connectivity index (χ1) is 23.0. The summed E-state index contributed by atoms with van der Waals surface area (Å²) in [5.41, 5.74) is 0.232. The van der Waals surface area contributed by atoms with Crippen molar-refractivity contribution in [1.29, 1.82) is 0 Å². The van der Waals surface area contributed by atoms with Gasteiger partial charge in [-0.05, 0) is 28.8 Å². The zero-order chi connectivity index (χ0) is 34.1. The highest BCUT2D eigenvalue weighted by Gasteiger charge is 2.57. The summed E-state index contributed by atoms with van der Waals surface area (Å²) < 4.78 is 40.9. The van der Waals surface area contributed by atoms with Crippen LogP contribution >= 0.6 is 0 Å². The first-order valence-electron chi connectivity index (χ1n) is 16.2. The number of aromatic amines is 1. The molecule has 2 heterocycles. The normalized spacial score (nSPS) is 22.0. The Morgan fingerprint density at radius 2 is 1.40 bits per heavy atom. The minimum atomic E-state index is -3.98. The van der Waals surface area contributed by atoms with E-state index in [1.54, 1.807) is 36.5 Å². The number of aliphatic hydroxyl groups is 3. The fourth-order valence-electron chi connectivity index (χ4n) is 7.37. The fraction of sp³-hybridized carbons (Fsp3) is 0.316. The van der Waals surface area contributed by atoms with Crippen molar-refractivity contribution in [2.75, 3.05) is 6.61 Å². The van der Waals surface area contributed by atoms with Crippen LogP contribution in [0, 0.1) is 0 Å². The summed E-state index contributed by atoms with van der Waals surface area (Å²) in [6, 6.07) is 35.5. The SMILES string of the molecule is CC(C)(C)[Si](c1ccccc1)(c1ccccc1)C(O)[C@@H]1C[C@H](O)[C@@H](O)[C@@H](OCC(c2c[nH]c3ccccc23)S(=O)(=O)c2ccccc2)O1. The van der Waals surface area contributed by atoms with Crippen LogP contribution in [0.25, 0.3) is 10.9 Å². The number of sulfone groups is 1. The molecule has 0 aliphatic carbocycles. The lowest BCUT2D eigenvalue weighted by molar-refractivity contribution is -0.274. The first-order valence-corrected chi connectivity index (χ1v) is 19.9. The van der Waals surface area contributed by atoms with E-state index < -0.39 is 58.5 Å². The topological polar surface area (TPSA) is 129 Å². The number of H-pyrrole nitrogens is 1. The standard InChI is InChI=1S/C38H43NO7SSi/c1-38(2,3)48(27-17-9-5-10-18-27,28-19-11-6-12-20-28)36(42)33-23-32(40)35(41)37(46-33)45-25-34(47(43,44)26-15-7-4-8-16-26)30-24-39-31-22-14-13-21-29(30)31/h4-22,24,32-37,39-42H,23,25H2,1-3H3/t32-,33-,34?,35+,36?,37-/m0/s1. The third-order valence-electron chi connectivity index (χ3n) is 9.72. The van der Waals surface area contributed by atoms with Crippen LogP contribution in [-0.2, 0) is 19.3 Å². The molecular weight excluding hydrogens is 643 g/mol. The summed E-state index contributed by atoms with van der Waals surface area (Å²) in [6.45, 7) is 5.98. The number of para-hydroxylation sites is 1. The Labute approximate surface area is 282 Å². The predicted molar refractivity (Wildman–Crippen MR) is 190 cm³/mol. The van der Waals surface area contributed by atoms with E-state index in [2.05, 4.69) is 25.8 Å². The molecular formula is C38H43NO7SSi. The van der Waals surface area contributed by atoms with Crippen molar-refractivity contribution in [2.24, 2.45) is 0 Å². The van der Waals surface area contributed by atoms with E-state index in [1.807, 2.05) is 84.9 Å². The molecule has 4 N–H and O–H groups in total. The first kappa shape index (κ1) is 34.3. The second kappa shape index (κ2) is 13.7. The Hall–Kier alpha value is -3.61. The third kappa shape index (κ3) is 6.18. The molecule has 8 nitrogen and oxygen atoms in total. The van der Waals surface area contributed by atoms with Crippen LogP contribution in [0.15, 0.2) is 126 Å². The number of aliphatic hydroxyl groups excluding tert-OH is 3. The van der Waals surface area contributed by atoms with E-state index in [1.165, 1.54) is 0 Å². The molecule has 5 aromatic rings. The highest BCUT2D eigenvalue weighted by molar-refractivity contribution is 7.91. The van der Waals surface area contributed by atoms with Gasteiger partial charge in [0, 0.05) is 23.5 Å². The smallest absolute Gasteiger partial charge is 0.187 e. The summed E-state index contributed by atoms with van der Waals surface area (Å²) in [5.74, 6) is 0. The van der Waals surface area contributed by atoms with Crippen LogP contribution in [0.1, 0.15) is 38.0 Å². The largest absolute Gasteiger partial charge is 0.393 e. The average Bonchev–Trinajstić information content (AvgIpc) is 3.51. The molecule has 48 heavy (non-hydrogen) atoms. The van der Waals surface area contributed by atoms with Crippen LogP contribution in [0.3, 0.4) is 0 Å². The van der Waals surface area contributed by atoms with Gasteiger partial charge in [0.1, 0.15) is 11.4 Å². The number of ether oxygens (including phenoxy) is 2. The van der Waals surface area contributed by atoms with Gasteiger partial charge in [-0.3, -0.25) is 0 Å². The second-order valence-electron chi connectivity index (χ2n) is 13.5. The van der Waals surface area contributed by atoms with Crippen molar-refractivity contribution in [2.45, 2.75) is 72.7 Å². The van der Waals surface area contributed by atoms with E-state index in [4.69, 9.17) is 9.47 Å². The summed E-state index contributed by atoms with van der Waals surface area (Å²) in [5, 5.41) is 36.0. The lowest BCUT2D eigenvalue weighted by Gasteiger charge is -2.51. The molecule has 1 aromatic heterocycles. The summed E-state index contributed by atoms with van der Waals surface area (Å²) >= 11 is 0. The van der Waals surface area contributed by atoms with Crippen LogP contribution in [0.2, 0.25) is 5.04 Å². The molecule has 1 fully saturated rings. The maximum atomic E-state index is 14.1. The number of fused-ring (bicyclic) bond motifs is 1. The van der Waals surface area contributed by atoms with Crippen LogP contribution < -0.4 is 10.4 Å². The summed E-state index contributed by atoms with van der Waals surface area (Å²) in [7, 11) is -7.11. The van der Waals surface area contributed by atoms with Crippen LogP contribution in [0.4, 0.5) is 0 Å². The Balaban J connectivity index is 1.36. The maximum Gasteiger partial charge on any atom is 0.187 e. The number of rotatable bonds is 10. The molecule has 1 aliphatic rings. The van der Waals surface area contributed by atoms with Gasteiger partial charge in [-0.15, -0.1) is 0 Å². The summed E-state index contributed by atoms with van der Waals surface area (Å²) in [6.07, 6.45) is -3.42. The Morgan fingerprint density at radius 3 is 1.98 bits per heavy atom. The van der Waals surface area contributed by atoms with Gasteiger partial charge < -0.3 is 29.8 Å². The van der Waals surface area contributed by atoms with Crippen LogP contribution in [-0.4, -0.2) is 73.7 Å². The number of nitrogens with one attached hydrogen (secondary N) is 1. The van der Waals surface area contributed by atoms with Gasteiger partial charge in [-0.1, -0.05) is 128 Å². The van der Waals surface area contributed by atoms with Gasteiger partial charge in [0.05, 0.1) is 29.4 Å². The fourth-order valence-corrected chi connectivity index (χ4v) is 14.9. The highest BCUT2D eigenvalue weighted by Crippen LogP contribution is 2.42. The van der Waals surface area contributed by atoms with Gasteiger partial charge in [0.25, 0.3) is 0 Å². The number of hydrogen-bond acceptors (Lipinski definition) is 7. The van der Waals surface area contributed by atoms with Crippen molar-refractivity contribution in [3.8, 4) is 0 Å². The zero-order valence-electron chi connectivity index (χ0n) is 27.3. The quantitative estimate of drug-likeness (QED) is 0.160. The zero-order valence-corrected chi connectivity index (χ0v) is 29.1. The molecule has 1 saturated heterocycles. The minimum absolute atomic E-state index is 0.0269. The van der Waals surface area contributed by atoms with E-state index in [0.29, 0.717) is 5.56 Å². The van der Waals surface area contributed by atoms with Gasteiger partial charge in [-0.25, -0.2) is 8.42 Å². The summed E-state index contributed by atoms with van der Waals surface area (Å²) in [4.78, 5) is 3.29. The van der Waals surface area contributed by atoms with Crippen LogP contribution in [0.5, 0.6) is 0 Å². The van der Waals surface area contributed by atoms with Crippen molar-refractivity contribution >= 4 is 39.2 Å². The molecule has 0 bridgehead atoms. The monoisotopic (exact) mass is 685 g/mol. The molecule has 6 rings (SSSR count). The average molecular weight is 686 g/mol. The number of hydrogen-bond donors (Lipinski definition) is 4. The second-order valence-corrected chi connectivity index (χ2v) is 20.5. The van der Waals surface area contributed by atoms with E-state index in [9.17, 15) is 23.7 Å². The molecule has 0 radical (unpaired) electrons. The number of benzene rings is 4. The van der Waals surface area contributed by atoms with E-state index in [0.717, 1.165) is 21.3 Å². The lowest BCUT2D eigenvalue weighted by atomic mass is 10.0. The van der Waals surface area contributed by atoms with Crippen molar-refractivity contribution in [3.05, 3.63) is 127 Å². The Morgan fingerprint density at radius 1 is 0.854 bits per heavy atom. The molecule has 10 heteroatoms. The predicted octanol–water partition coefficient (Wildman–Crippen LogP) is 4.50. The molecule has 0 saturated carbocycles. The van der Waals surface area contributed by atoms with E-state index in [-0.39, 0.29) is 17.9 Å². The highest BCUT2D eigenvalue weighted by atomic mass is 32.2. The van der Waals surface area contributed by atoms with Crippen molar-refractivity contribution in [3.63, 3.8) is 0 Å². The van der Waals surface area contributed by atoms with Gasteiger partial charge in [0.15, 0.2) is 24.2 Å². The molecule has 1 aliphatic heterocycles. The van der Waals surface area contributed by atoms with Crippen molar-refractivity contribution < 1.29 is 33.2 Å². The van der Waals surface area contributed by atoms with Gasteiger partial charge in [-0.2, -0.15) is 0 Å². The Bertz CT molecular complexity index is 1870. The Kier molecular flexibility index (Phi) is 9.79. The lowest BCUT2D eigenvalue weighted by Crippen LogP contribution is -2.75. The minimum Gasteiger partial charge on any atom is -0.393 e. The van der Waals surface area contributed by atoms with E-state index >= 15 is 0 Å². The van der Waals surface area contributed by atoms with Crippen molar-refractivity contribution in [1.82, 2.24) is 4.98 Å². The molecule has 6 atom stereocenters. The molecule has 252 valence electrons. The number of aromatic nitrogens is 1. The van der Waals surface area contributed by atoms with Gasteiger partial charge in [0.2, 0.25) is 0 Å². The van der Waals surface area contributed by atoms with Gasteiger partial charge >= 0.3 is 0 Å².